The Morgan fingerprint density at radius 1 is 1.03 bits per heavy atom. The van der Waals surface area contributed by atoms with E-state index < -0.39 is 18.2 Å². The van der Waals surface area contributed by atoms with Crippen LogP contribution in [0.5, 0.6) is 0 Å². The summed E-state index contributed by atoms with van der Waals surface area (Å²) in [5, 5.41) is 6.00. The van der Waals surface area contributed by atoms with Crippen LogP contribution in [0.15, 0.2) is 83.5 Å². The summed E-state index contributed by atoms with van der Waals surface area (Å²) in [6.07, 6.45) is 6.39. The number of carbonyl (C=O) groups is 3. The molecule has 0 unspecified atom stereocenters. The molecule has 0 bridgehead atoms. The van der Waals surface area contributed by atoms with Crippen LogP contribution in [0.1, 0.15) is 22.9 Å². The van der Waals surface area contributed by atoms with Gasteiger partial charge in [-0.2, -0.15) is 5.01 Å². The predicted molar refractivity (Wildman–Crippen MR) is 135 cm³/mol. The van der Waals surface area contributed by atoms with E-state index >= 15 is 0 Å². The molecule has 0 saturated carbocycles. The first-order valence-corrected chi connectivity index (χ1v) is 12.0. The van der Waals surface area contributed by atoms with Crippen molar-refractivity contribution in [1.82, 2.24) is 25.1 Å². The Labute approximate surface area is 215 Å². The van der Waals surface area contributed by atoms with Gasteiger partial charge in [0.15, 0.2) is 0 Å². The topological polar surface area (TPSA) is 89.3 Å². The number of terminal acetylenes is 1. The number of rotatable bonds is 6. The molecule has 5 rings (SSSR count). The Bertz CT molecular complexity index is 1290. The van der Waals surface area contributed by atoms with Crippen LogP contribution in [0.3, 0.4) is 0 Å². The van der Waals surface area contributed by atoms with Crippen molar-refractivity contribution in [3.8, 4) is 12.3 Å². The second-order valence-corrected chi connectivity index (χ2v) is 8.91. The maximum absolute atomic E-state index is 13.8. The third-order valence-electron chi connectivity index (χ3n) is 6.53. The molecule has 37 heavy (non-hydrogen) atoms. The molecule has 2 aliphatic rings. The molecule has 1 aromatic heterocycles. The number of amides is 4. The first kappa shape index (κ1) is 24.2. The molecule has 188 valence electrons. The molecule has 0 aliphatic carbocycles. The number of furan rings is 1. The van der Waals surface area contributed by atoms with Crippen LogP contribution in [0.2, 0.25) is 0 Å². The average Bonchev–Trinajstić information content (AvgIpc) is 3.43. The maximum atomic E-state index is 13.8. The Balaban J connectivity index is 1.51. The van der Waals surface area contributed by atoms with E-state index in [0.29, 0.717) is 17.9 Å². The number of benzene rings is 2. The molecule has 2 saturated heterocycles. The molecule has 2 atom stereocenters. The standard InChI is InChI=1S/C28H27N5O4/c1-2-15-31-20-25(34)32-24(33(31)28(36)29-17-21-10-5-3-6-11-21)19-30(18-23-14-9-16-37-23)27(35)26(32)22-12-7-4-8-13-22/h1,3-14,16,24,26H,15,17-20H2,(H,29,36)/t24-,26-/m0/s1. The van der Waals surface area contributed by atoms with Gasteiger partial charge in [-0.05, 0) is 23.3 Å². The summed E-state index contributed by atoms with van der Waals surface area (Å²) in [5.41, 5.74) is 1.61. The van der Waals surface area contributed by atoms with Gasteiger partial charge in [-0.15, -0.1) is 6.42 Å². The summed E-state index contributed by atoms with van der Waals surface area (Å²) in [6, 6.07) is 20.9. The Hall–Kier alpha value is -4.55. The highest BCUT2D eigenvalue weighted by Gasteiger charge is 2.51. The number of nitrogens with zero attached hydrogens (tertiary/aromatic N) is 4. The van der Waals surface area contributed by atoms with Crippen molar-refractivity contribution < 1.29 is 18.8 Å². The monoisotopic (exact) mass is 497 g/mol. The van der Waals surface area contributed by atoms with Crippen LogP contribution < -0.4 is 5.32 Å². The quantitative estimate of drug-likeness (QED) is 0.529. The van der Waals surface area contributed by atoms with Crippen molar-refractivity contribution in [1.29, 1.82) is 0 Å². The molecule has 0 radical (unpaired) electrons. The van der Waals surface area contributed by atoms with E-state index in [0.717, 1.165) is 5.56 Å². The van der Waals surface area contributed by atoms with Crippen molar-refractivity contribution in [2.45, 2.75) is 25.3 Å². The van der Waals surface area contributed by atoms with Crippen molar-refractivity contribution in [2.75, 3.05) is 19.6 Å². The lowest BCUT2D eigenvalue weighted by Crippen LogP contribution is -2.74. The summed E-state index contributed by atoms with van der Waals surface area (Å²) in [7, 11) is 0. The van der Waals surface area contributed by atoms with E-state index in [1.54, 1.807) is 28.3 Å². The minimum absolute atomic E-state index is 0.0664. The zero-order valence-electron chi connectivity index (χ0n) is 20.2. The van der Waals surface area contributed by atoms with Crippen LogP contribution in [0.25, 0.3) is 0 Å². The summed E-state index contributed by atoms with van der Waals surface area (Å²) in [5.74, 6) is 2.65. The molecule has 2 aliphatic heterocycles. The van der Waals surface area contributed by atoms with E-state index in [2.05, 4.69) is 11.2 Å². The Morgan fingerprint density at radius 2 is 1.76 bits per heavy atom. The number of nitrogens with one attached hydrogen (secondary N) is 1. The van der Waals surface area contributed by atoms with Gasteiger partial charge in [-0.25, -0.2) is 9.80 Å². The highest BCUT2D eigenvalue weighted by Crippen LogP contribution is 2.35. The van der Waals surface area contributed by atoms with Crippen LogP contribution >= 0.6 is 0 Å². The highest BCUT2D eigenvalue weighted by molar-refractivity contribution is 5.92. The third kappa shape index (κ3) is 4.92. The number of hydrogen-bond acceptors (Lipinski definition) is 5. The zero-order valence-corrected chi connectivity index (χ0v) is 20.2. The second-order valence-electron chi connectivity index (χ2n) is 8.91. The largest absolute Gasteiger partial charge is 0.467 e. The van der Waals surface area contributed by atoms with Gasteiger partial charge in [0.1, 0.15) is 18.0 Å². The van der Waals surface area contributed by atoms with Gasteiger partial charge < -0.3 is 19.5 Å². The second kappa shape index (κ2) is 10.6. The van der Waals surface area contributed by atoms with Gasteiger partial charge in [-0.3, -0.25) is 9.59 Å². The lowest BCUT2D eigenvalue weighted by atomic mass is 9.98. The van der Waals surface area contributed by atoms with Crippen LogP contribution in [0, 0.1) is 12.3 Å². The van der Waals surface area contributed by atoms with Gasteiger partial charge >= 0.3 is 6.03 Å². The van der Waals surface area contributed by atoms with Crippen LogP contribution in [-0.2, 0) is 22.7 Å². The maximum Gasteiger partial charge on any atom is 0.334 e. The minimum Gasteiger partial charge on any atom is -0.467 e. The van der Waals surface area contributed by atoms with Gasteiger partial charge in [0.25, 0.3) is 5.91 Å². The molecule has 4 amide bonds. The molecular formula is C28H27N5O4. The normalized spacial score (nSPS) is 19.9. The predicted octanol–water partition coefficient (Wildman–Crippen LogP) is 2.59. The van der Waals surface area contributed by atoms with E-state index in [4.69, 9.17) is 10.8 Å². The van der Waals surface area contributed by atoms with E-state index in [9.17, 15) is 14.4 Å². The smallest absolute Gasteiger partial charge is 0.334 e. The van der Waals surface area contributed by atoms with E-state index in [1.807, 2.05) is 60.7 Å². The molecular weight excluding hydrogens is 470 g/mol. The van der Waals surface area contributed by atoms with E-state index in [-0.39, 0.29) is 38.0 Å². The SMILES string of the molecule is C#CCN1CC(=O)N2[C@@H](c3ccccc3)C(=O)N(Cc3ccco3)C[C@@H]2N1C(=O)NCc1ccccc1. The number of piperazine rings is 1. The van der Waals surface area contributed by atoms with Crippen molar-refractivity contribution in [3.05, 3.63) is 95.9 Å². The molecule has 3 aromatic rings. The van der Waals surface area contributed by atoms with Crippen LogP contribution in [-0.4, -0.2) is 63.5 Å². The number of fused-ring (bicyclic) bond motifs is 1. The molecule has 9 heteroatoms. The van der Waals surface area contributed by atoms with Crippen LogP contribution in [0.4, 0.5) is 4.79 Å². The fraction of sp³-hybridized carbons (Fsp3) is 0.250. The highest BCUT2D eigenvalue weighted by atomic mass is 16.3. The lowest BCUT2D eigenvalue weighted by molar-refractivity contribution is -0.190. The summed E-state index contributed by atoms with van der Waals surface area (Å²) in [4.78, 5) is 44.0. The summed E-state index contributed by atoms with van der Waals surface area (Å²) < 4.78 is 5.50. The number of carbonyl (C=O) groups excluding carboxylic acids is 3. The lowest BCUT2D eigenvalue weighted by Gasteiger charge is -2.54. The Kier molecular flexibility index (Phi) is 6.92. The number of hydrazine groups is 1. The first-order valence-electron chi connectivity index (χ1n) is 12.0. The van der Waals surface area contributed by atoms with E-state index in [1.165, 1.54) is 9.91 Å². The molecule has 2 fully saturated rings. The van der Waals surface area contributed by atoms with Crippen molar-refractivity contribution in [3.63, 3.8) is 0 Å². The molecule has 3 heterocycles. The van der Waals surface area contributed by atoms with Crippen molar-refractivity contribution >= 4 is 17.8 Å². The van der Waals surface area contributed by atoms with Gasteiger partial charge in [-0.1, -0.05) is 66.6 Å². The molecule has 0 spiro atoms. The van der Waals surface area contributed by atoms with Gasteiger partial charge in [0, 0.05) is 6.54 Å². The first-order chi connectivity index (χ1) is 18.1. The van der Waals surface area contributed by atoms with Gasteiger partial charge in [0.2, 0.25) is 5.91 Å². The molecule has 1 N–H and O–H groups in total. The third-order valence-corrected chi connectivity index (χ3v) is 6.53. The number of hydrogen-bond donors (Lipinski definition) is 1. The number of urea groups is 1. The van der Waals surface area contributed by atoms with Gasteiger partial charge in [0.05, 0.1) is 32.4 Å². The Morgan fingerprint density at radius 3 is 2.43 bits per heavy atom. The summed E-state index contributed by atoms with van der Waals surface area (Å²) in [6.45, 7) is 0.569. The fourth-order valence-electron chi connectivity index (χ4n) is 4.87. The van der Waals surface area contributed by atoms with Crippen molar-refractivity contribution in [2.24, 2.45) is 0 Å². The fourth-order valence-corrected chi connectivity index (χ4v) is 4.87. The molecule has 2 aromatic carbocycles. The minimum atomic E-state index is -0.889. The molecule has 9 nitrogen and oxygen atoms in total. The summed E-state index contributed by atoms with van der Waals surface area (Å²) >= 11 is 0. The average molecular weight is 498 g/mol. The zero-order chi connectivity index (χ0) is 25.8.